The van der Waals surface area contributed by atoms with E-state index in [1.165, 1.54) is 26.4 Å². The molecule has 0 aromatic carbocycles. The van der Waals surface area contributed by atoms with Crippen molar-refractivity contribution in [1.82, 2.24) is 10.6 Å². The summed E-state index contributed by atoms with van der Waals surface area (Å²) >= 11 is 1.61. The number of nitrogens with one attached hydrogen (secondary N) is 2. The number of carbonyl (C=O) groups is 3. The lowest BCUT2D eigenvalue weighted by Crippen LogP contribution is -2.59. The summed E-state index contributed by atoms with van der Waals surface area (Å²) in [4.78, 5) is 38.4. The molecule has 0 aliphatic heterocycles. The predicted molar refractivity (Wildman–Crippen MR) is 114 cm³/mol. The Bertz CT molecular complexity index is 601. The minimum atomic E-state index is -0.683. The van der Waals surface area contributed by atoms with Gasteiger partial charge in [-0.15, -0.1) is 0 Å². The molecule has 4 saturated carbocycles. The van der Waals surface area contributed by atoms with Crippen LogP contribution in [-0.4, -0.2) is 49.0 Å². The summed E-state index contributed by atoms with van der Waals surface area (Å²) in [5, 5.41) is 5.90. The molecule has 4 rings (SSSR count). The maximum Gasteiger partial charge on any atom is 0.328 e. The van der Waals surface area contributed by atoms with Crippen LogP contribution in [0.5, 0.6) is 0 Å². The topological polar surface area (TPSA) is 84.5 Å². The van der Waals surface area contributed by atoms with Crippen molar-refractivity contribution < 1.29 is 19.1 Å². The Morgan fingerprint density at radius 2 is 1.59 bits per heavy atom. The van der Waals surface area contributed by atoms with Crippen LogP contribution in [0.1, 0.15) is 58.8 Å². The molecule has 6 nitrogen and oxygen atoms in total. The molecular formula is C22H36N2O4S. The Morgan fingerprint density at radius 3 is 2.03 bits per heavy atom. The molecule has 4 bridgehead atoms. The van der Waals surface area contributed by atoms with Gasteiger partial charge < -0.3 is 15.4 Å². The molecule has 164 valence electrons. The molecule has 4 fully saturated rings. The summed E-state index contributed by atoms with van der Waals surface area (Å²) in [6, 6.07) is -1.32. The summed E-state index contributed by atoms with van der Waals surface area (Å²) in [7, 11) is 1.33. The lowest BCUT2D eigenvalue weighted by Gasteiger charge is -2.55. The minimum absolute atomic E-state index is 0.0455. The number of ether oxygens (including phenoxy) is 1. The summed E-state index contributed by atoms with van der Waals surface area (Å²) in [6.45, 7) is 3.86. The number of hydrogen-bond acceptors (Lipinski definition) is 5. The summed E-state index contributed by atoms with van der Waals surface area (Å²) < 4.78 is 4.85. The van der Waals surface area contributed by atoms with Crippen LogP contribution in [-0.2, 0) is 19.1 Å². The monoisotopic (exact) mass is 424 g/mol. The lowest BCUT2D eigenvalue weighted by molar-refractivity contribution is -0.149. The lowest BCUT2D eigenvalue weighted by atomic mass is 9.49. The standard InChI is InChI=1S/C22H36N2O4S/c1-13(2)18(19(25)23-17(5-6-29-4)20(26)28-3)24-21(27)22-10-14-7-15(11-22)9-16(8-14)12-22/h13-18H,5-12H2,1-4H3,(H,23,25)(H,24,27)/t14?,15?,16?,17-,18+,22?/m0/s1. The molecule has 0 aromatic heterocycles. The minimum Gasteiger partial charge on any atom is -0.467 e. The normalized spacial score (nSPS) is 32.0. The van der Waals surface area contributed by atoms with Gasteiger partial charge in [0, 0.05) is 5.41 Å². The highest BCUT2D eigenvalue weighted by atomic mass is 32.2. The van der Waals surface area contributed by atoms with Gasteiger partial charge in [-0.3, -0.25) is 9.59 Å². The molecule has 2 N–H and O–H groups in total. The average molecular weight is 425 g/mol. The second kappa shape index (κ2) is 9.27. The maximum atomic E-state index is 13.4. The largest absolute Gasteiger partial charge is 0.467 e. The van der Waals surface area contributed by atoms with Gasteiger partial charge in [-0.25, -0.2) is 4.79 Å². The Hall–Kier alpha value is -1.24. The van der Waals surface area contributed by atoms with E-state index in [0.29, 0.717) is 24.2 Å². The first kappa shape index (κ1) is 22.4. The fourth-order valence-electron chi connectivity index (χ4n) is 6.11. The summed E-state index contributed by atoms with van der Waals surface area (Å²) in [5.74, 6) is 2.01. The Kier molecular flexibility index (Phi) is 7.18. The number of esters is 1. The quantitative estimate of drug-likeness (QED) is 0.556. The van der Waals surface area contributed by atoms with Crippen LogP contribution in [0.15, 0.2) is 0 Å². The van der Waals surface area contributed by atoms with Crippen molar-refractivity contribution in [2.24, 2.45) is 29.1 Å². The van der Waals surface area contributed by atoms with Crippen molar-refractivity contribution in [2.75, 3.05) is 19.1 Å². The van der Waals surface area contributed by atoms with E-state index >= 15 is 0 Å². The Labute approximate surface area is 178 Å². The smallest absolute Gasteiger partial charge is 0.328 e. The molecule has 2 atom stereocenters. The average Bonchev–Trinajstić information content (AvgIpc) is 2.66. The van der Waals surface area contributed by atoms with Crippen LogP contribution in [0.3, 0.4) is 0 Å². The summed E-state index contributed by atoms with van der Waals surface area (Å²) in [5.41, 5.74) is -0.289. The van der Waals surface area contributed by atoms with Crippen LogP contribution >= 0.6 is 11.8 Å². The second-order valence-corrected chi connectivity index (χ2v) is 10.7. The van der Waals surface area contributed by atoms with E-state index in [2.05, 4.69) is 10.6 Å². The van der Waals surface area contributed by atoms with Gasteiger partial charge in [0.1, 0.15) is 12.1 Å². The van der Waals surface area contributed by atoms with E-state index in [4.69, 9.17) is 4.74 Å². The fourth-order valence-corrected chi connectivity index (χ4v) is 6.58. The third-order valence-electron chi connectivity index (χ3n) is 7.17. The first-order chi connectivity index (χ1) is 13.8. The Morgan fingerprint density at radius 1 is 1.03 bits per heavy atom. The van der Waals surface area contributed by atoms with Gasteiger partial charge in [0.05, 0.1) is 7.11 Å². The van der Waals surface area contributed by atoms with Crippen molar-refractivity contribution in [3.8, 4) is 0 Å². The number of rotatable bonds is 9. The molecule has 29 heavy (non-hydrogen) atoms. The highest BCUT2D eigenvalue weighted by Crippen LogP contribution is 2.60. The number of thioether (sulfide) groups is 1. The van der Waals surface area contributed by atoms with Crippen LogP contribution in [0, 0.1) is 29.1 Å². The highest BCUT2D eigenvalue weighted by molar-refractivity contribution is 7.98. The second-order valence-electron chi connectivity index (χ2n) is 9.76. The molecule has 0 radical (unpaired) electrons. The van der Waals surface area contributed by atoms with Gasteiger partial charge >= 0.3 is 5.97 Å². The van der Waals surface area contributed by atoms with Crippen LogP contribution in [0.25, 0.3) is 0 Å². The molecule has 4 aliphatic carbocycles. The third kappa shape index (κ3) is 4.92. The molecule has 0 unspecified atom stereocenters. The van der Waals surface area contributed by atoms with Crippen molar-refractivity contribution in [1.29, 1.82) is 0 Å². The van der Waals surface area contributed by atoms with E-state index < -0.39 is 18.1 Å². The van der Waals surface area contributed by atoms with E-state index in [1.54, 1.807) is 11.8 Å². The van der Waals surface area contributed by atoms with Gasteiger partial charge in [0.2, 0.25) is 11.8 Å². The first-order valence-corrected chi connectivity index (χ1v) is 12.4. The number of hydrogen-bond donors (Lipinski definition) is 2. The zero-order valence-electron chi connectivity index (χ0n) is 18.2. The van der Waals surface area contributed by atoms with Crippen molar-refractivity contribution in [3.05, 3.63) is 0 Å². The first-order valence-electron chi connectivity index (χ1n) is 11.0. The molecule has 4 aliphatic rings. The van der Waals surface area contributed by atoms with Gasteiger partial charge in [0.25, 0.3) is 0 Å². The maximum absolute atomic E-state index is 13.4. The molecule has 0 aromatic rings. The predicted octanol–water partition coefficient (Wildman–Crippen LogP) is 2.75. The zero-order chi connectivity index (χ0) is 21.2. The van der Waals surface area contributed by atoms with Gasteiger partial charge in [0.15, 0.2) is 0 Å². The zero-order valence-corrected chi connectivity index (χ0v) is 19.0. The Balaban J connectivity index is 1.67. The third-order valence-corrected chi connectivity index (χ3v) is 7.81. The molecule has 0 heterocycles. The number of carbonyl (C=O) groups excluding carboxylic acids is 3. The molecular weight excluding hydrogens is 388 g/mol. The van der Waals surface area contributed by atoms with Gasteiger partial charge in [-0.2, -0.15) is 11.8 Å². The number of amides is 2. The summed E-state index contributed by atoms with van der Waals surface area (Å²) in [6.07, 6.45) is 9.19. The van der Waals surface area contributed by atoms with Crippen molar-refractivity contribution >= 4 is 29.5 Å². The van der Waals surface area contributed by atoms with E-state index in [0.717, 1.165) is 25.0 Å². The van der Waals surface area contributed by atoms with Gasteiger partial charge in [-0.05, 0) is 80.6 Å². The molecule has 0 spiro atoms. The van der Waals surface area contributed by atoms with Crippen LogP contribution < -0.4 is 10.6 Å². The highest BCUT2D eigenvalue weighted by Gasteiger charge is 2.55. The van der Waals surface area contributed by atoms with Crippen molar-refractivity contribution in [3.63, 3.8) is 0 Å². The van der Waals surface area contributed by atoms with E-state index in [1.807, 2.05) is 20.1 Å². The van der Waals surface area contributed by atoms with Gasteiger partial charge in [-0.1, -0.05) is 13.8 Å². The number of methoxy groups -OCH3 is 1. The van der Waals surface area contributed by atoms with Crippen molar-refractivity contribution in [2.45, 2.75) is 70.9 Å². The molecule has 2 amide bonds. The van der Waals surface area contributed by atoms with E-state index in [-0.39, 0.29) is 23.1 Å². The SMILES string of the molecule is COC(=O)[C@H](CCSC)NC(=O)[C@H](NC(=O)C12CC3CC(CC(C3)C1)C2)C(C)C. The molecule has 0 saturated heterocycles. The van der Waals surface area contributed by atoms with Crippen LogP contribution in [0.2, 0.25) is 0 Å². The van der Waals surface area contributed by atoms with E-state index in [9.17, 15) is 14.4 Å². The molecule has 7 heteroatoms. The van der Waals surface area contributed by atoms with Crippen LogP contribution in [0.4, 0.5) is 0 Å². The fraction of sp³-hybridized carbons (Fsp3) is 0.864.